The van der Waals surface area contributed by atoms with Crippen molar-refractivity contribution in [1.82, 2.24) is 4.90 Å². The Morgan fingerprint density at radius 3 is 2.67 bits per heavy atom. The lowest BCUT2D eigenvalue weighted by Gasteiger charge is -2.31. The van der Waals surface area contributed by atoms with E-state index in [9.17, 15) is 9.18 Å². The molecular formula is C13H15BrFNOS. The standard InChI is InChI=1S/C13H15BrFNOS/c1-18-10-4-6-16(7-5-10)13(17)11-3-2-9(15)8-12(11)14/h2-3,8,10H,4-7H2,1H3. The number of piperidine rings is 1. The zero-order chi connectivity index (χ0) is 13.1. The van der Waals surface area contributed by atoms with E-state index in [1.807, 2.05) is 16.7 Å². The molecule has 0 radical (unpaired) electrons. The Morgan fingerprint density at radius 2 is 2.11 bits per heavy atom. The Kier molecular flexibility index (Phi) is 4.67. The topological polar surface area (TPSA) is 20.3 Å². The number of nitrogens with zero attached hydrogens (tertiary/aromatic N) is 1. The van der Waals surface area contributed by atoms with Gasteiger partial charge in [0, 0.05) is 22.8 Å². The van der Waals surface area contributed by atoms with Gasteiger partial charge in [0.2, 0.25) is 0 Å². The van der Waals surface area contributed by atoms with Gasteiger partial charge in [0.05, 0.1) is 5.56 Å². The molecule has 1 aromatic carbocycles. The van der Waals surface area contributed by atoms with E-state index in [0.29, 0.717) is 15.3 Å². The van der Waals surface area contributed by atoms with Crippen LogP contribution in [0, 0.1) is 5.82 Å². The molecule has 5 heteroatoms. The fraction of sp³-hybridized carbons (Fsp3) is 0.462. The number of carbonyl (C=O) groups excluding carboxylic acids is 1. The Labute approximate surface area is 119 Å². The van der Waals surface area contributed by atoms with Crippen LogP contribution in [0.5, 0.6) is 0 Å². The molecule has 98 valence electrons. The number of carbonyl (C=O) groups is 1. The molecule has 1 fully saturated rings. The molecule has 0 N–H and O–H groups in total. The molecule has 1 amide bonds. The third-order valence-corrected chi connectivity index (χ3v) is 5.02. The predicted octanol–water partition coefficient (Wildman–Crippen LogP) is 3.56. The Morgan fingerprint density at radius 1 is 1.44 bits per heavy atom. The second kappa shape index (κ2) is 6.06. The first-order valence-corrected chi connectivity index (χ1v) is 7.97. The van der Waals surface area contributed by atoms with Gasteiger partial charge in [-0.3, -0.25) is 4.79 Å². The fourth-order valence-electron chi connectivity index (χ4n) is 2.13. The van der Waals surface area contributed by atoms with Crippen LogP contribution < -0.4 is 0 Å². The van der Waals surface area contributed by atoms with Gasteiger partial charge in [-0.2, -0.15) is 11.8 Å². The lowest BCUT2D eigenvalue weighted by Crippen LogP contribution is -2.39. The van der Waals surface area contributed by atoms with Crippen LogP contribution in [0.1, 0.15) is 23.2 Å². The van der Waals surface area contributed by atoms with Crippen molar-refractivity contribution in [2.75, 3.05) is 19.3 Å². The number of likely N-dealkylation sites (tertiary alicyclic amines) is 1. The summed E-state index contributed by atoms with van der Waals surface area (Å²) < 4.78 is 13.5. The van der Waals surface area contributed by atoms with Crippen molar-refractivity contribution in [1.29, 1.82) is 0 Å². The van der Waals surface area contributed by atoms with Crippen molar-refractivity contribution in [3.63, 3.8) is 0 Å². The van der Waals surface area contributed by atoms with Gasteiger partial charge in [-0.25, -0.2) is 4.39 Å². The van der Waals surface area contributed by atoms with Crippen molar-refractivity contribution in [2.45, 2.75) is 18.1 Å². The summed E-state index contributed by atoms with van der Waals surface area (Å²) in [4.78, 5) is 14.1. The van der Waals surface area contributed by atoms with E-state index >= 15 is 0 Å². The monoisotopic (exact) mass is 331 g/mol. The van der Waals surface area contributed by atoms with Crippen molar-refractivity contribution < 1.29 is 9.18 Å². The number of halogens is 2. The first-order chi connectivity index (χ1) is 8.61. The molecule has 1 aliphatic heterocycles. The summed E-state index contributed by atoms with van der Waals surface area (Å²) in [5.41, 5.74) is 0.541. The van der Waals surface area contributed by atoms with Gasteiger partial charge in [0.15, 0.2) is 0 Å². The molecule has 0 saturated carbocycles. The highest BCUT2D eigenvalue weighted by atomic mass is 79.9. The first kappa shape index (κ1) is 13.9. The van der Waals surface area contributed by atoms with E-state index in [1.165, 1.54) is 12.1 Å². The maximum atomic E-state index is 13.0. The largest absolute Gasteiger partial charge is 0.339 e. The van der Waals surface area contributed by atoms with E-state index in [1.54, 1.807) is 6.07 Å². The van der Waals surface area contributed by atoms with Crippen LogP contribution in [0.2, 0.25) is 0 Å². The second-order valence-corrected chi connectivity index (χ2v) is 6.34. The molecule has 0 atom stereocenters. The molecule has 1 saturated heterocycles. The predicted molar refractivity (Wildman–Crippen MR) is 76.5 cm³/mol. The summed E-state index contributed by atoms with van der Waals surface area (Å²) in [6.45, 7) is 1.57. The van der Waals surface area contributed by atoms with Crippen LogP contribution in [0.4, 0.5) is 4.39 Å². The zero-order valence-corrected chi connectivity index (χ0v) is 12.6. The molecular weight excluding hydrogens is 317 g/mol. The van der Waals surface area contributed by atoms with Gasteiger partial charge in [-0.15, -0.1) is 0 Å². The van der Waals surface area contributed by atoms with Crippen LogP contribution in [-0.4, -0.2) is 35.4 Å². The molecule has 0 aromatic heterocycles. The van der Waals surface area contributed by atoms with E-state index in [2.05, 4.69) is 22.2 Å². The van der Waals surface area contributed by atoms with Crippen molar-refractivity contribution >= 4 is 33.6 Å². The van der Waals surface area contributed by atoms with Gasteiger partial charge in [-0.1, -0.05) is 0 Å². The van der Waals surface area contributed by atoms with Crippen LogP contribution in [0.3, 0.4) is 0 Å². The van der Waals surface area contributed by atoms with Crippen molar-refractivity contribution in [3.8, 4) is 0 Å². The smallest absolute Gasteiger partial charge is 0.255 e. The Bertz CT molecular complexity index is 447. The summed E-state index contributed by atoms with van der Waals surface area (Å²) in [5.74, 6) is -0.346. The molecule has 18 heavy (non-hydrogen) atoms. The van der Waals surface area contributed by atoms with Crippen LogP contribution in [0.15, 0.2) is 22.7 Å². The third-order valence-electron chi connectivity index (χ3n) is 3.22. The van der Waals surface area contributed by atoms with Crippen LogP contribution in [-0.2, 0) is 0 Å². The zero-order valence-electron chi connectivity index (χ0n) is 10.2. The molecule has 1 heterocycles. The van der Waals surface area contributed by atoms with Crippen molar-refractivity contribution in [3.05, 3.63) is 34.1 Å². The fourth-order valence-corrected chi connectivity index (χ4v) is 3.33. The Hall–Kier alpha value is -0.550. The lowest BCUT2D eigenvalue weighted by atomic mass is 10.1. The molecule has 1 aromatic rings. The molecule has 0 spiro atoms. The summed E-state index contributed by atoms with van der Waals surface area (Å²) in [6.07, 6.45) is 4.18. The summed E-state index contributed by atoms with van der Waals surface area (Å²) in [6, 6.07) is 4.21. The highest BCUT2D eigenvalue weighted by Gasteiger charge is 2.24. The van der Waals surface area contributed by atoms with Crippen molar-refractivity contribution in [2.24, 2.45) is 0 Å². The molecule has 2 nitrogen and oxygen atoms in total. The number of hydrogen-bond donors (Lipinski definition) is 0. The second-order valence-electron chi connectivity index (χ2n) is 4.35. The van der Waals surface area contributed by atoms with Crippen LogP contribution in [0.25, 0.3) is 0 Å². The molecule has 1 aliphatic rings. The highest BCUT2D eigenvalue weighted by molar-refractivity contribution is 9.10. The SMILES string of the molecule is CSC1CCN(C(=O)c2ccc(F)cc2Br)CC1. The number of benzene rings is 1. The average Bonchev–Trinajstić information content (AvgIpc) is 2.38. The minimum atomic E-state index is -0.334. The minimum Gasteiger partial charge on any atom is -0.339 e. The van der Waals surface area contributed by atoms with Gasteiger partial charge in [0.25, 0.3) is 5.91 Å². The first-order valence-electron chi connectivity index (χ1n) is 5.89. The maximum absolute atomic E-state index is 13.0. The van der Waals surface area contributed by atoms with Gasteiger partial charge >= 0.3 is 0 Å². The number of hydrogen-bond acceptors (Lipinski definition) is 2. The maximum Gasteiger partial charge on any atom is 0.255 e. The summed E-state index contributed by atoms with van der Waals surface area (Å²) in [7, 11) is 0. The number of amides is 1. The molecule has 2 rings (SSSR count). The lowest BCUT2D eigenvalue weighted by molar-refractivity contribution is 0.0726. The molecule has 0 bridgehead atoms. The van der Waals surface area contributed by atoms with Crippen LogP contribution >= 0.6 is 27.7 Å². The quantitative estimate of drug-likeness (QED) is 0.825. The number of rotatable bonds is 2. The van der Waals surface area contributed by atoms with Gasteiger partial charge < -0.3 is 4.90 Å². The number of thioether (sulfide) groups is 1. The third kappa shape index (κ3) is 3.06. The summed E-state index contributed by atoms with van der Waals surface area (Å²) >= 11 is 5.11. The summed E-state index contributed by atoms with van der Waals surface area (Å²) in [5, 5.41) is 0.658. The van der Waals surface area contributed by atoms with E-state index < -0.39 is 0 Å². The van der Waals surface area contributed by atoms with Gasteiger partial charge in [0.1, 0.15) is 5.82 Å². The van der Waals surface area contributed by atoms with Gasteiger partial charge in [-0.05, 0) is 53.2 Å². The van der Waals surface area contributed by atoms with E-state index in [-0.39, 0.29) is 11.7 Å². The Balaban J connectivity index is 2.08. The normalized spacial score (nSPS) is 16.9. The molecule has 0 unspecified atom stereocenters. The average molecular weight is 332 g/mol. The minimum absolute atomic E-state index is 0.0126. The molecule has 0 aliphatic carbocycles. The van der Waals surface area contributed by atoms with E-state index in [4.69, 9.17) is 0 Å². The van der Waals surface area contributed by atoms with E-state index in [0.717, 1.165) is 25.9 Å². The highest BCUT2D eigenvalue weighted by Crippen LogP contribution is 2.24.